The van der Waals surface area contributed by atoms with E-state index in [0.717, 1.165) is 10.5 Å². The van der Waals surface area contributed by atoms with Gasteiger partial charge in [-0.25, -0.2) is 0 Å². The van der Waals surface area contributed by atoms with Crippen LogP contribution in [0.2, 0.25) is 0 Å². The van der Waals surface area contributed by atoms with Crippen LogP contribution in [0.25, 0.3) is 0 Å². The van der Waals surface area contributed by atoms with E-state index in [2.05, 4.69) is 15.4 Å². The molecule has 8 heteroatoms. The molecule has 2 rings (SSSR count). The van der Waals surface area contributed by atoms with Gasteiger partial charge in [0.2, 0.25) is 5.91 Å². The molecule has 0 heterocycles. The number of anilines is 1. The highest BCUT2D eigenvalue weighted by atomic mass is 32.2. The molecular formula is C19H22F2N2O3S. The molecule has 0 aromatic heterocycles. The molecule has 146 valence electrons. The summed E-state index contributed by atoms with van der Waals surface area (Å²) in [6, 6.07) is 12.6. The lowest BCUT2D eigenvalue weighted by Gasteiger charge is -2.21. The summed E-state index contributed by atoms with van der Waals surface area (Å²) in [5.41, 5.74) is 1.11. The van der Waals surface area contributed by atoms with Crippen LogP contribution in [0.15, 0.2) is 53.4 Å². The standard InChI is InChI=1S/C19H22F2N2O3S/c1-12(14-8-10-15(11-9-14)27(3)25)22-13(2)18(24)23-16-6-4-5-7-17(16)26-19(20)21/h4-13,19,22H,1-3H3,(H,23,24)/t12-,13+,27-/m1/s1. The fourth-order valence-electron chi connectivity index (χ4n) is 2.50. The number of ether oxygens (including phenoxy) is 1. The van der Waals surface area contributed by atoms with Crippen molar-refractivity contribution in [1.82, 2.24) is 5.32 Å². The number of carbonyl (C=O) groups is 1. The lowest BCUT2D eigenvalue weighted by Crippen LogP contribution is -2.39. The second kappa shape index (κ2) is 9.57. The average molecular weight is 396 g/mol. The molecular weight excluding hydrogens is 374 g/mol. The second-order valence-corrected chi connectivity index (χ2v) is 7.38. The fraction of sp³-hybridized carbons (Fsp3) is 0.316. The SMILES string of the molecule is C[C@H](N[C@H](C)c1ccc([S@@](C)=O)cc1)C(=O)Nc1ccccc1OC(F)F. The summed E-state index contributed by atoms with van der Waals surface area (Å²) >= 11 is 0. The van der Waals surface area contributed by atoms with E-state index in [0.29, 0.717) is 0 Å². The summed E-state index contributed by atoms with van der Waals surface area (Å²) < 4.78 is 40.8. The number of hydrogen-bond acceptors (Lipinski definition) is 4. The zero-order chi connectivity index (χ0) is 20.0. The number of rotatable bonds is 8. The van der Waals surface area contributed by atoms with Crippen molar-refractivity contribution in [2.45, 2.75) is 37.4 Å². The van der Waals surface area contributed by atoms with Crippen LogP contribution < -0.4 is 15.4 Å². The van der Waals surface area contributed by atoms with Gasteiger partial charge in [0.05, 0.1) is 11.7 Å². The van der Waals surface area contributed by atoms with Crippen molar-refractivity contribution in [3.63, 3.8) is 0 Å². The maximum absolute atomic E-state index is 12.5. The topological polar surface area (TPSA) is 67.4 Å². The molecule has 0 bridgehead atoms. The first-order chi connectivity index (χ1) is 12.8. The van der Waals surface area contributed by atoms with Gasteiger partial charge in [-0.2, -0.15) is 8.78 Å². The third-order valence-corrected chi connectivity index (χ3v) is 4.90. The Morgan fingerprint density at radius 1 is 1.07 bits per heavy atom. The number of carbonyl (C=O) groups excluding carboxylic acids is 1. The average Bonchev–Trinajstić information content (AvgIpc) is 2.62. The minimum absolute atomic E-state index is 0.0933. The van der Waals surface area contributed by atoms with Crippen molar-refractivity contribution >= 4 is 22.4 Å². The maximum Gasteiger partial charge on any atom is 0.387 e. The van der Waals surface area contributed by atoms with Gasteiger partial charge in [-0.15, -0.1) is 0 Å². The van der Waals surface area contributed by atoms with Crippen LogP contribution in [0.3, 0.4) is 0 Å². The number of halogens is 2. The van der Waals surface area contributed by atoms with Crippen molar-refractivity contribution in [3.05, 3.63) is 54.1 Å². The van der Waals surface area contributed by atoms with Crippen molar-refractivity contribution in [2.75, 3.05) is 11.6 Å². The summed E-state index contributed by atoms with van der Waals surface area (Å²) in [5, 5.41) is 5.74. The molecule has 0 aliphatic carbocycles. The van der Waals surface area contributed by atoms with Crippen LogP contribution in [0.1, 0.15) is 25.5 Å². The molecule has 0 aliphatic heterocycles. The highest BCUT2D eigenvalue weighted by Gasteiger charge is 2.18. The van der Waals surface area contributed by atoms with Crippen molar-refractivity contribution in [2.24, 2.45) is 0 Å². The molecule has 5 nitrogen and oxygen atoms in total. The number of amides is 1. The van der Waals surface area contributed by atoms with Gasteiger partial charge in [0.25, 0.3) is 0 Å². The molecule has 0 saturated carbocycles. The van der Waals surface area contributed by atoms with E-state index in [4.69, 9.17) is 0 Å². The number of benzene rings is 2. The predicted molar refractivity (Wildman–Crippen MR) is 101 cm³/mol. The number of hydrogen-bond donors (Lipinski definition) is 2. The fourth-order valence-corrected chi connectivity index (χ4v) is 3.02. The van der Waals surface area contributed by atoms with Gasteiger partial charge in [0.15, 0.2) is 0 Å². The van der Waals surface area contributed by atoms with Crippen LogP contribution in [-0.4, -0.2) is 29.0 Å². The van der Waals surface area contributed by atoms with E-state index in [-0.39, 0.29) is 23.4 Å². The monoisotopic (exact) mass is 396 g/mol. The van der Waals surface area contributed by atoms with E-state index in [9.17, 15) is 17.8 Å². The van der Waals surface area contributed by atoms with Gasteiger partial charge >= 0.3 is 6.61 Å². The molecule has 2 aromatic rings. The lowest BCUT2D eigenvalue weighted by molar-refractivity contribution is -0.118. The van der Waals surface area contributed by atoms with E-state index in [1.54, 1.807) is 37.4 Å². The Bertz CT molecular complexity index is 800. The summed E-state index contributed by atoms with van der Waals surface area (Å²) in [6.07, 6.45) is 1.61. The largest absolute Gasteiger partial charge is 0.433 e. The number of para-hydroxylation sites is 2. The molecule has 0 radical (unpaired) electrons. The smallest absolute Gasteiger partial charge is 0.387 e. The normalized spacial score (nSPS) is 14.4. The molecule has 1 amide bonds. The van der Waals surface area contributed by atoms with Gasteiger partial charge in [-0.05, 0) is 43.7 Å². The van der Waals surface area contributed by atoms with Crippen LogP contribution in [-0.2, 0) is 15.6 Å². The van der Waals surface area contributed by atoms with Crippen LogP contribution >= 0.6 is 0 Å². The Balaban J connectivity index is 2.00. The van der Waals surface area contributed by atoms with Crippen LogP contribution in [0.5, 0.6) is 5.75 Å². The van der Waals surface area contributed by atoms with Crippen LogP contribution in [0.4, 0.5) is 14.5 Å². The van der Waals surface area contributed by atoms with Crippen molar-refractivity contribution in [3.8, 4) is 5.75 Å². The Kier molecular flexibility index (Phi) is 7.44. The van der Waals surface area contributed by atoms with E-state index < -0.39 is 23.5 Å². The van der Waals surface area contributed by atoms with E-state index >= 15 is 0 Å². The third kappa shape index (κ3) is 6.11. The van der Waals surface area contributed by atoms with Crippen molar-refractivity contribution in [1.29, 1.82) is 0 Å². The Morgan fingerprint density at radius 2 is 1.70 bits per heavy atom. The first kappa shape index (κ1) is 21.0. The maximum atomic E-state index is 12.5. The van der Waals surface area contributed by atoms with E-state index in [1.807, 2.05) is 19.1 Å². The first-order valence-corrected chi connectivity index (χ1v) is 9.88. The molecule has 0 unspecified atom stereocenters. The molecule has 2 aromatic carbocycles. The highest BCUT2D eigenvalue weighted by molar-refractivity contribution is 7.84. The number of alkyl halides is 2. The molecule has 2 N–H and O–H groups in total. The predicted octanol–water partition coefficient (Wildman–Crippen LogP) is 3.70. The molecule has 0 fully saturated rings. The minimum Gasteiger partial charge on any atom is -0.433 e. The molecule has 27 heavy (non-hydrogen) atoms. The highest BCUT2D eigenvalue weighted by Crippen LogP contribution is 2.25. The molecule has 0 aliphatic rings. The quantitative estimate of drug-likeness (QED) is 0.714. The van der Waals surface area contributed by atoms with Gasteiger partial charge in [-0.1, -0.05) is 24.3 Å². The summed E-state index contributed by atoms with van der Waals surface area (Å²) in [7, 11) is -1.05. The van der Waals surface area contributed by atoms with E-state index in [1.165, 1.54) is 12.1 Å². The molecule has 0 saturated heterocycles. The third-order valence-electron chi connectivity index (χ3n) is 3.97. The Labute approximate surface area is 159 Å². The minimum atomic E-state index is -2.97. The Hall–Kier alpha value is -2.32. The zero-order valence-corrected chi connectivity index (χ0v) is 16.1. The molecule has 0 spiro atoms. The van der Waals surface area contributed by atoms with Gasteiger partial charge in [0.1, 0.15) is 5.75 Å². The summed E-state index contributed by atoms with van der Waals surface area (Å²) in [6.45, 7) is 0.604. The number of nitrogens with one attached hydrogen (secondary N) is 2. The van der Waals surface area contributed by atoms with Gasteiger partial charge in [-0.3, -0.25) is 14.3 Å². The van der Waals surface area contributed by atoms with Gasteiger partial charge < -0.3 is 10.1 Å². The zero-order valence-electron chi connectivity index (χ0n) is 15.2. The summed E-state index contributed by atoms with van der Waals surface area (Å²) in [4.78, 5) is 13.1. The first-order valence-electron chi connectivity index (χ1n) is 8.32. The molecule has 3 atom stereocenters. The summed E-state index contributed by atoms with van der Waals surface area (Å²) in [5.74, 6) is -0.470. The Morgan fingerprint density at radius 3 is 2.30 bits per heavy atom. The lowest BCUT2D eigenvalue weighted by atomic mass is 10.1. The van der Waals surface area contributed by atoms with Crippen LogP contribution in [0, 0.1) is 0 Å². The van der Waals surface area contributed by atoms with Crippen molar-refractivity contribution < 1.29 is 22.5 Å². The second-order valence-electron chi connectivity index (χ2n) is 6.00. The van der Waals surface area contributed by atoms with Gasteiger partial charge in [0, 0.05) is 28.0 Å².